The summed E-state index contributed by atoms with van der Waals surface area (Å²) >= 11 is 0. The zero-order chi connectivity index (χ0) is 38.0. The molecule has 0 saturated carbocycles. The molecule has 0 heterocycles. The van der Waals surface area contributed by atoms with Gasteiger partial charge in [0, 0.05) is 16.9 Å². The zero-order valence-electron chi connectivity index (χ0n) is 31.5. The molecule has 10 aromatic rings. The second-order valence-electron chi connectivity index (χ2n) is 14.5. The molecule has 0 radical (unpaired) electrons. The Morgan fingerprint density at radius 2 is 0.754 bits per heavy atom. The third-order valence-electron chi connectivity index (χ3n) is 11.1. The molecule has 57 heavy (non-hydrogen) atoms. The second kappa shape index (κ2) is 15.0. The van der Waals surface area contributed by atoms with Crippen LogP contribution in [0.1, 0.15) is 0 Å². The van der Waals surface area contributed by atoms with Gasteiger partial charge in [-0.05, 0) is 108 Å². The van der Waals surface area contributed by atoms with E-state index in [1.807, 2.05) is 0 Å². The highest BCUT2D eigenvalue weighted by atomic mass is 15.1. The third-order valence-corrected chi connectivity index (χ3v) is 11.1. The van der Waals surface area contributed by atoms with Crippen LogP contribution in [0.2, 0.25) is 0 Å². The van der Waals surface area contributed by atoms with Gasteiger partial charge in [0.15, 0.2) is 0 Å². The van der Waals surface area contributed by atoms with Gasteiger partial charge >= 0.3 is 0 Å². The van der Waals surface area contributed by atoms with E-state index >= 15 is 0 Å². The van der Waals surface area contributed by atoms with Crippen molar-refractivity contribution in [2.75, 3.05) is 4.90 Å². The molecule has 0 aliphatic carbocycles. The number of hydrogen-bond acceptors (Lipinski definition) is 1. The van der Waals surface area contributed by atoms with Crippen LogP contribution in [0.5, 0.6) is 0 Å². The van der Waals surface area contributed by atoms with Crippen molar-refractivity contribution in [1.29, 1.82) is 0 Å². The van der Waals surface area contributed by atoms with Gasteiger partial charge in [0.1, 0.15) is 0 Å². The number of fused-ring (bicyclic) bond motifs is 2. The molecule has 0 aliphatic heterocycles. The maximum absolute atomic E-state index is 2.42. The SMILES string of the molecule is c1ccc(-c2ccc(-c3ccccc3N(c3ccc(-c4cccc5ccccc45)cc3)c3ccc4ccccc4c3)c(-c3ccccc3-c3ccccc3)c2)cc1. The molecular formula is C56H39N. The largest absolute Gasteiger partial charge is 0.310 e. The van der Waals surface area contributed by atoms with Crippen molar-refractivity contribution in [3.8, 4) is 55.6 Å². The predicted octanol–water partition coefficient (Wildman–Crippen LogP) is 15.8. The lowest BCUT2D eigenvalue weighted by Gasteiger charge is -2.29. The molecule has 0 aromatic heterocycles. The summed E-state index contributed by atoms with van der Waals surface area (Å²) in [5.74, 6) is 0. The molecule has 0 spiro atoms. The molecule has 268 valence electrons. The molecule has 10 aromatic carbocycles. The third kappa shape index (κ3) is 6.56. The highest BCUT2D eigenvalue weighted by molar-refractivity contribution is 6.00. The lowest BCUT2D eigenvalue weighted by molar-refractivity contribution is 1.29. The summed E-state index contributed by atoms with van der Waals surface area (Å²) in [6.07, 6.45) is 0. The number of para-hydroxylation sites is 1. The molecule has 0 saturated heterocycles. The zero-order valence-corrected chi connectivity index (χ0v) is 31.5. The fourth-order valence-electron chi connectivity index (χ4n) is 8.31. The first-order valence-electron chi connectivity index (χ1n) is 19.6. The van der Waals surface area contributed by atoms with Crippen LogP contribution in [0.25, 0.3) is 77.2 Å². The molecule has 0 N–H and O–H groups in total. The molecule has 0 atom stereocenters. The fraction of sp³-hybridized carbons (Fsp3) is 0. The summed E-state index contributed by atoms with van der Waals surface area (Å²) in [7, 11) is 0. The van der Waals surface area contributed by atoms with E-state index in [0.717, 1.165) is 22.6 Å². The first-order chi connectivity index (χ1) is 28.3. The maximum Gasteiger partial charge on any atom is 0.0540 e. The molecular weight excluding hydrogens is 687 g/mol. The van der Waals surface area contributed by atoms with Gasteiger partial charge in [0.2, 0.25) is 0 Å². The molecule has 10 rings (SSSR count). The Labute approximate surface area is 334 Å². The molecule has 0 fully saturated rings. The Morgan fingerprint density at radius 1 is 0.228 bits per heavy atom. The lowest BCUT2D eigenvalue weighted by Crippen LogP contribution is -2.11. The van der Waals surface area contributed by atoms with Crippen molar-refractivity contribution >= 4 is 38.6 Å². The van der Waals surface area contributed by atoms with Crippen LogP contribution in [-0.2, 0) is 0 Å². The normalized spacial score (nSPS) is 11.2. The van der Waals surface area contributed by atoms with Crippen LogP contribution in [-0.4, -0.2) is 0 Å². The number of benzene rings is 10. The molecule has 1 nitrogen and oxygen atoms in total. The molecule has 1 heteroatoms. The second-order valence-corrected chi connectivity index (χ2v) is 14.5. The fourth-order valence-corrected chi connectivity index (χ4v) is 8.31. The van der Waals surface area contributed by atoms with Crippen molar-refractivity contribution in [2.24, 2.45) is 0 Å². The molecule has 0 amide bonds. The number of nitrogens with zero attached hydrogens (tertiary/aromatic N) is 1. The van der Waals surface area contributed by atoms with Crippen LogP contribution < -0.4 is 4.90 Å². The Morgan fingerprint density at radius 3 is 1.54 bits per heavy atom. The van der Waals surface area contributed by atoms with Crippen LogP contribution in [0, 0.1) is 0 Å². The Hall–Kier alpha value is -7.48. The average Bonchev–Trinajstić information content (AvgIpc) is 3.30. The van der Waals surface area contributed by atoms with Crippen molar-refractivity contribution in [3.05, 3.63) is 237 Å². The molecule has 0 unspecified atom stereocenters. The highest BCUT2D eigenvalue weighted by Gasteiger charge is 2.21. The van der Waals surface area contributed by atoms with Crippen molar-refractivity contribution in [3.63, 3.8) is 0 Å². The van der Waals surface area contributed by atoms with E-state index in [1.165, 1.54) is 71.6 Å². The van der Waals surface area contributed by atoms with E-state index in [-0.39, 0.29) is 0 Å². The quantitative estimate of drug-likeness (QED) is 0.151. The first-order valence-corrected chi connectivity index (χ1v) is 19.6. The molecule has 0 bridgehead atoms. The minimum absolute atomic E-state index is 1.09. The van der Waals surface area contributed by atoms with E-state index in [2.05, 4.69) is 241 Å². The lowest BCUT2D eigenvalue weighted by atomic mass is 9.86. The Bertz CT molecular complexity index is 2990. The smallest absolute Gasteiger partial charge is 0.0540 e. The summed E-state index contributed by atoms with van der Waals surface area (Å²) in [6, 6.07) is 85.8. The van der Waals surface area contributed by atoms with Crippen LogP contribution in [0.4, 0.5) is 17.1 Å². The molecule has 0 aliphatic rings. The summed E-state index contributed by atoms with van der Waals surface area (Å²) in [5, 5.41) is 4.92. The first kappa shape index (κ1) is 34.0. The van der Waals surface area contributed by atoms with Gasteiger partial charge in [-0.25, -0.2) is 0 Å². The van der Waals surface area contributed by atoms with Crippen molar-refractivity contribution in [1.82, 2.24) is 0 Å². The average molecular weight is 726 g/mol. The number of rotatable bonds is 8. The van der Waals surface area contributed by atoms with E-state index in [4.69, 9.17) is 0 Å². The van der Waals surface area contributed by atoms with Crippen LogP contribution in [0.3, 0.4) is 0 Å². The Kier molecular flexibility index (Phi) is 8.95. The summed E-state index contributed by atoms with van der Waals surface area (Å²) in [4.78, 5) is 2.42. The number of hydrogen-bond donors (Lipinski definition) is 0. The topological polar surface area (TPSA) is 3.24 Å². The highest BCUT2D eigenvalue weighted by Crippen LogP contribution is 2.47. The van der Waals surface area contributed by atoms with Crippen LogP contribution >= 0.6 is 0 Å². The van der Waals surface area contributed by atoms with Crippen molar-refractivity contribution < 1.29 is 0 Å². The van der Waals surface area contributed by atoms with Gasteiger partial charge in [0.25, 0.3) is 0 Å². The van der Waals surface area contributed by atoms with E-state index in [1.54, 1.807) is 0 Å². The van der Waals surface area contributed by atoms with E-state index in [9.17, 15) is 0 Å². The maximum atomic E-state index is 2.42. The van der Waals surface area contributed by atoms with Gasteiger partial charge in [-0.1, -0.05) is 200 Å². The van der Waals surface area contributed by atoms with Gasteiger partial charge in [0.05, 0.1) is 5.69 Å². The number of anilines is 3. The van der Waals surface area contributed by atoms with Crippen LogP contribution in [0.15, 0.2) is 237 Å². The van der Waals surface area contributed by atoms with Crippen molar-refractivity contribution in [2.45, 2.75) is 0 Å². The van der Waals surface area contributed by atoms with E-state index in [0.29, 0.717) is 0 Å². The predicted molar refractivity (Wildman–Crippen MR) is 243 cm³/mol. The summed E-state index contributed by atoms with van der Waals surface area (Å²) in [6.45, 7) is 0. The monoisotopic (exact) mass is 725 g/mol. The Balaban J connectivity index is 1.18. The minimum Gasteiger partial charge on any atom is -0.310 e. The summed E-state index contributed by atoms with van der Waals surface area (Å²) < 4.78 is 0. The van der Waals surface area contributed by atoms with E-state index < -0.39 is 0 Å². The standard InChI is InChI=1S/C56H39N/c1-3-16-40(17-4-1)46-33-37-53(55(39-46)52-26-12-11-25-51(52)42-19-5-2-6-20-42)54-27-13-14-29-56(54)57(48-36-30-41-18-7-8-22-45(41)38-48)47-34-31-44(32-35-47)50-28-15-23-43-21-9-10-24-49(43)50/h1-39H. The van der Waals surface area contributed by atoms with Gasteiger partial charge in [-0.2, -0.15) is 0 Å². The van der Waals surface area contributed by atoms with Gasteiger partial charge < -0.3 is 4.90 Å². The summed E-state index contributed by atoms with van der Waals surface area (Å²) in [5.41, 5.74) is 15.2. The van der Waals surface area contributed by atoms with Gasteiger partial charge in [-0.15, -0.1) is 0 Å². The van der Waals surface area contributed by atoms with Gasteiger partial charge in [-0.3, -0.25) is 0 Å². The minimum atomic E-state index is 1.09.